The molecule has 0 bridgehead atoms. The first-order chi connectivity index (χ1) is 14.5. The molecule has 4 rings (SSSR count). The Kier molecular flexibility index (Phi) is 5.88. The van der Waals surface area contributed by atoms with Gasteiger partial charge < -0.3 is 10.1 Å². The third kappa shape index (κ3) is 4.56. The minimum atomic E-state index is -0.389. The lowest BCUT2D eigenvalue weighted by atomic mass is 10.0. The van der Waals surface area contributed by atoms with Crippen LogP contribution in [-0.2, 0) is 16.2 Å². The summed E-state index contributed by atoms with van der Waals surface area (Å²) >= 11 is 7.09. The number of nitrogens with one attached hydrogen (secondary N) is 1. The van der Waals surface area contributed by atoms with Crippen LogP contribution < -0.4 is 10.1 Å². The Bertz CT molecular complexity index is 1200. The predicted molar refractivity (Wildman–Crippen MR) is 122 cm³/mol. The first-order valence-electron chi connectivity index (χ1n) is 9.19. The number of carbonyl (C=O) groups excluding carboxylic acids is 2. The fourth-order valence-electron chi connectivity index (χ4n) is 3.04. The topological polar surface area (TPSA) is 67.8 Å². The third-order valence-corrected chi connectivity index (χ3v) is 5.57. The molecule has 0 saturated carbocycles. The standard InChI is InChI=1S/C23H17ClN2O3S/c1-14(27)25-23-26-22(28)21(30-23)12-19-18-5-3-2-4-16(18)8-11-20(19)29-13-15-6-9-17(24)10-7-15/h2-12H,13H2,1H3,(H,25,26,27,28)/b21-12-. The second-order valence-corrected chi connectivity index (χ2v) is 8.09. The molecule has 5 nitrogen and oxygen atoms in total. The van der Waals surface area contributed by atoms with Crippen molar-refractivity contribution in [3.63, 3.8) is 0 Å². The number of thioether (sulfide) groups is 1. The maximum absolute atomic E-state index is 12.3. The van der Waals surface area contributed by atoms with Crippen molar-refractivity contribution >= 4 is 57.2 Å². The number of rotatable bonds is 4. The van der Waals surface area contributed by atoms with Gasteiger partial charge in [0.15, 0.2) is 5.17 Å². The lowest BCUT2D eigenvalue weighted by molar-refractivity contribution is -0.117. The summed E-state index contributed by atoms with van der Waals surface area (Å²) in [4.78, 5) is 28.0. The van der Waals surface area contributed by atoms with Crippen LogP contribution in [0.5, 0.6) is 5.75 Å². The fourth-order valence-corrected chi connectivity index (χ4v) is 4.00. The molecule has 7 heteroatoms. The zero-order valence-corrected chi connectivity index (χ0v) is 17.6. The average molecular weight is 437 g/mol. The van der Waals surface area contributed by atoms with Crippen molar-refractivity contribution in [1.29, 1.82) is 0 Å². The van der Waals surface area contributed by atoms with E-state index in [0.717, 1.165) is 33.7 Å². The Morgan fingerprint density at radius 3 is 2.67 bits per heavy atom. The Hall–Kier alpha value is -3.09. The zero-order valence-electron chi connectivity index (χ0n) is 16.0. The van der Waals surface area contributed by atoms with Crippen LogP contribution in [0, 0.1) is 0 Å². The zero-order chi connectivity index (χ0) is 21.1. The molecule has 0 radical (unpaired) electrons. The largest absolute Gasteiger partial charge is 0.488 e. The van der Waals surface area contributed by atoms with E-state index in [4.69, 9.17) is 16.3 Å². The number of aliphatic imine (C=N–C) groups is 1. The van der Waals surface area contributed by atoms with Gasteiger partial charge in [-0.15, -0.1) is 0 Å². The van der Waals surface area contributed by atoms with E-state index < -0.39 is 0 Å². The molecule has 0 atom stereocenters. The van der Waals surface area contributed by atoms with E-state index in [2.05, 4.69) is 10.3 Å². The van der Waals surface area contributed by atoms with Crippen LogP contribution in [0.15, 0.2) is 70.6 Å². The van der Waals surface area contributed by atoms with E-state index in [1.165, 1.54) is 6.92 Å². The molecule has 1 heterocycles. The highest BCUT2D eigenvalue weighted by molar-refractivity contribution is 8.18. The summed E-state index contributed by atoms with van der Waals surface area (Å²) < 4.78 is 6.09. The highest BCUT2D eigenvalue weighted by Gasteiger charge is 2.23. The van der Waals surface area contributed by atoms with Gasteiger partial charge in [0.25, 0.3) is 5.91 Å². The minimum Gasteiger partial charge on any atom is -0.488 e. The van der Waals surface area contributed by atoms with Crippen LogP contribution in [0.3, 0.4) is 0 Å². The fraction of sp³-hybridized carbons (Fsp3) is 0.0870. The van der Waals surface area contributed by atoms with Crippen LogP contribution >= 0.6 is 23.4 Å². The van der Waals surface area contributed by atoms with Crippen LogP contribution in [0.4, 0.5) is 0 Å². The maximum Gasteiger partial charge on any atom is 0.286 e. The molecule has 1 aliphatic rings. The number of carbonyl (C=O) groups is 2. The van der Waals surface area contributed by atoms with Crippen molar-refractivity contribution in [3.8, 4) is 5.75 Å². The smallest absolute Gasteiger partial charge is 0.286 e. The summed E-state index contributed by atoms with van der Waals surface area (Å²) in [5.74, 6) is -0.00897. The van der Waals surface area contributed by atoms with Gasteiger partial charge in [-0.05, 0) is 52.4 Å². The maximum atomic E-state index is 12.3. The summed E-state index contributed by atoms with van der Waals surface area (Å²) in [6.07, 6.45) is 1.77. The van der Waals surface area contributed by atoms with Gasteiger partial charge in [-0.25, -0.2) is 0 Å². The normalized spacial score (nSPS) is 14.8. The summed E-state index contributed by atoms with van der Waals surface area (Å²) in [7, 11) is 0. The Balaban J connectivity index is 1.68. The van der Waals surface area contributed by atoms with Crippen molar-refractivity contribution in [2.24, 2.45) is 4.99 Å². The van der Waals surface area contributed by atoms with Gasteiger partial charge >= 0.3 is 0 Å². The molecule has 1 N–H and O–H groups in total. The van der Waals surface area contributed by atoms with Crippen molar-refractivity contribution < 1.29 is 14.3 Å². The van der Waals surface area contributed by atoms with E-state index in [0.29, 0.717) is 22.3 Å². The first-order valence-corrected chi connectivity index (χ1v) is 10.4. The molecule has 0 spiro atoms. The SMILES string of the molecule is CC(=O)NC1=NC(=O)/C(=C/c2c(OCc3ccc(Cl)cc3)ccc3ccccc23)S1. The second kappa shape index (κ2) is 8.73. The molecule has 0 fully saturated rings. The molecular formula is C23H17ClN2O3S. The van der Waals surface area contributed by atoms with E-state index in [1.54, 1.807) is 6.08 Å². The number of benzene rings is 3. The molecule has 0 unspecified atom stereocenters. The number of hydrogen-bond donors (Lipinski definition) is 1. The number of nitrogens with zero attached hydrogens (tertiary/aromatic N) is 1. The van der Waals surface area contributed by atoms with Crippen LogP contribution in [-0.4, -0.2) is 17.0 Å². The highest BCUT2D eigenvalue weighted by Crippen LogP contribution is 2.35. The first kappa shape index (κ1) is 20.2. The number of hydrogen-bond acceptors (Lipinski definition) is 4. The van der Waals surface area contributed by atoms with Crippen LogP contribution in [0.1, 0.15) is 18.1 Å². The Morgan fingerprint density at radius 2 is 1.90 bits per heavy atom. The van der Waals surface area contributed by atoms with Gasteiger partial charge in [0, 0.05) is 17.5 Å². The molecule has 1 aliphatic heterocycles. The van der Waals surface area contributed by atoms with Crippen LogP contribution in [0.25, 0.3) is 16.8 Å². The number of amidine groups is 1. The molecule has 2 amide bonds. The summed E-state index contributed by atoms with van der Waals surface area (Å²) in [6, 6.07) is 19.2. The van der Waals surface area contributed by atoms with E-state index in [9.17, 15) is 9.59 Å². The molecule has 3 aromatic rings. The van der Waals surface area contributed by atoms with E-state index in [-0.39, 0.29) is 17.0 Å². The molecule has 150 valence electrons. The number of halogens is 1. The van der Waals surface area contributed by atoms with Gasteiger partial charge in [0.2, 0.25) is 5.91 Å². The third-order valence-electron chi connectivity index (χ3n) is 4.42. The predicted octanol–water partition coefficient (Wildman–Crippen LogP) is 5.18. The van der Waals surface area contributed by atoms with Gasteiger partial charge in [-0.1, -0.05) is 54.1 Å². The van der Waals surface area contributed by atoms with Gasteiger partial charge in [0.05, 0.1) is 4.91 Å². The summed E-state index contributed by atoms with van der Waals surface area (Å²) in [5.41, 5.74) is 1.77. The monoisotopic (exact) mass is 436 g/mol. The average Bonchev–Trinajstić information content (AvgIpc) is 3.06. The Morgan fingerprint density at radius 1 is 1.13 bits per heavy atom. The highest BCUT2D eigenvalue weighted by atomic mass is 35.5. The van der Waals surface area contributed by atoms with E-state index >= 15 is 0 Å². The lowest BCUT2D eigenvalue weighted by Crippen LogP contribution is -2.23. The van der Waals surface area contributed by atoms with Crippen molar-refractivity contribution in [2.45, 2.75) is 13.5 Å². The molecule has 30 heavy (non-hydrogen) atoms. The van der Waals surface area contributed by atoms with Gasteiger partial charge in [0.1, 0.15) is 12.4 Å². The summed E-state index contributed by atoms with van der Waals surface area (Å²) in [6.45, 7) is 1.74. The molecule has 0 aliphatic carbocycles. The van der Waals surface area contributed by atoms with E-state index in [1.807, 2.05) is 60.7 Å². The number of fused-ring (bicyclic) bond motifs is 1. The number of amides is 2. The molecule has 3 aromatic carbocycles. The molecule has 0 aromatic heterocycles. The van der Waals surface area contributed by atoms with Gasteiger partial charge in [-0.2, -0.15) is 4.99 Å². The lowest BCUT2D eigenvalue weighted by Gasteiger charge is -2.13. The van der Waals surface area contributed by atoms with Gasteiger partial charge in [-0.3, -0.25) is 9.59 Å². The van der Waals surface area contributed by atoms with Crippen molar-refractivity contribution in [3.05, 3.63) is 81.7 Å². The second-order valence-electron chi connectivity index (χ2n) is 6.63. The summed E-state index contributed by atoms with van der Waals surface area (Å²) in [5, 5.41) is 5.50. The molecular weight excluding hydrogens is 420 g/mol. The Labute approximate surface area is 182 Å². The quantitative estimate of drug-likeness (QED) is 0.572. The van der Waals surface area contributed by atoms with Crippen molar-refractivity contribution in [2.75, 3.05) is 0 Å². The minimum absolute atomic E-state index is 0.271. The number of ether oxygens (including phenoxy) is 1. The molecule has 0 saturated heterocycles. The van der Waals surface area contributed by atoms with Crippen molar-refractivity contribution in [1.82, 2.24) is 5.32 Å². The van der Waals surface area contributed by atoms with Crippen LogP contribution in [0.2, 0.25) is 5.02 Å².